The van der Waals surface area contributed by atoms with Gasteiger partial charge in [0.2, 0.25) is 5.88 Å². The Bertz CT molecular complexity index is 782. The summed E-state index contributed by atoms with van der Waals surface area (Å²) in [6.07, 6.45) is -3.04. The van der Waals surface area contributed by atoms with Crippen molar-refractivity contribution < 1.29 is 22.6 Å². The Morgan fingerprint density at radius 1 is 1.18 bits per heavy atom. The summed E-state index contributed by atoms with van der Waals surface area (Å²) in [6, 6.07) is 10.8. The van der Waals surface area contributed by atoms with Crippen LogP contribution in [0.5, 0.6) is 11.6 Å². The van der Waals surface area contributed by atoms with E-state index in [0.29, 0.717) is 24.6 Å². The van der Waals surface area contributed by atoms with Crippen molar-refractivity contribution in [1.29, 1.82) is 0 Å². The Kier molecular flexibility index (Phi) is 7.91. The molecule has 0 aliphatic rings. The molecule has 1 aromatic heterocycles. The lowest BCUT2D eigenvalue weighted by atomic mass is 10.2. The number of halogens is 3. The van der Waals surface area contributed by atoms with E-state index in [9.17, 15) is 13.2 Å². The molecule has 2 aromatic rings. The van der Waals surface area contributed by atoms with Gasteiger partial charge < -0.3 is 20.1 Å². The standard InChI is InChI=1S/C19H23F3N4O2/c1-3-23-18(25-11-14-6-4-8-16(10-14)27-2)26-12-15-7-5-9-24-17(15)28-13-19(20,21)22/h4-10H,3,11-13H2,1-2H3,(H2,23,25,26). The van der Waals surface area contributed by atoms with Gasteiger partial charge in [-0.2, -0.15) is 13.2 Å². The molecular weight excluding hydrogens is 373 g/mol. The zero-order valence-corrected chi connectivity index (χ0v) is 15.7. The molecule has 0 unspecified atom stereocenters. The van der Waals surface area contributed by atoms with E-state index in [0.717, 1.165) is 11.3 Å². The second kappa shape index (κ2) is 10.4. The van der Waals surface area contributed by atoms with E-state index in [2.05, 4.69) is 20.6 Å². The van der Waals surface area contributed by atoms with Gasteiger partial charge in [-0.3, -0.25) is 0 Å². The summed E-state index contributed by atoms with van der Waals surface area (Å²) >= 11 is 0. The molecular formula is C19H23F3N4O2. The van der Waals surface area contributed by atoms with Crippen LogP contribution in [0.15, 0.2) is 47.6 Å². The molecule has 0 saturated carbocycles. The zero-order chi connectivity index (χ0) is 20.4. The highest BCUT2D eigenvalue weighted by molar-refractivity contribution is 5.79. The minimum Gasteiger partial charge on any atom is -0.497 e. The highest BCUT2D eigenvalue weighted by atomic mass is 19.4. The number of hydrogen-bond acceptors (Lipinski definition) is 4. The molecule has 0 spiro atoms. The van der Waals surface area contributed by atoms with Gasteiger partial charge in [0, 0.05) is 24.8 Å². The quantitative estimate of drug-likeness (QED) is 0.530. The molecule has 0 aliphatic heterocycles. The molecule has 0 bridgehead atoms. The fourth-order valence-corrected chi connectivity index (χ4v) is 2.30. The van der Waals surface area contributed by atoms with Crippen LogP contribution in [0.3, 0.4) is 0 Å². The molecule has 0 atom stereocenters. The number of aliphatic imine (C=N–C) groups is 1. The summed E-state index contributed by atoms with van der Waals surface area (Å²) in [4.78, 5) is 8.37. The molecule has 2 rings (SSSR count). The molecule has 0 radical (unpaired) electrons. The maximum absolute atomic E-state index is 12.4. The lowest BCUT2D eigenvalue weighted by Crippen LogP contribution is -2.37. The van der Waals surface area contributed by atoms with Crippen LogP contribution in [0.2, 0.25) is 0 Å². The van der Waals surface area contributed by atoms with Crippen molar-refractivity contribution in [3.63, 3.8) is 0 Å². The highest BCUT2D eigenvalue weighted by Gasteiger charge is 2.29. The van der Waals surface area contributed by atoms with Crippen LogP contribution in [0.4, 0.5) is 13.2 Å². The molecule has 0 amide bonds. The van der Waals surface area contributed by atoms with Gasteiger partial charge in [-0.15, -0.1) is 0 Å². The molecule has 152 valence electrons. The number of alkyl halides is 3. The molecule has 0 saturated heterocycles. The van der Waals surface area contributed by atoms with Crippen LogP contribution < -0.4 is 20.1 Å². The Hall–Kier alpha value is -2.97. The lowest BCUT2D eigenvalue weighted by molar-refractivity contribution is -0.154. The maximum atomic E-state index is 12.4. The van der Waals surface area contributed by atoms with Crippen molar-refractivity contribution in [2.45, 2.75) is 26.2 Å². The van der Waals surface area contributed by atoms with E-state index >= 15 is 0 Å². The van der Waals surface area contributed by atoms with Crippen molar-refractivity contribution in [2.75, 3.05) is 20.3 Å². The van der Waals surface area contributed by atoms with Crippen molar-refractivity contribution >= 4 is 5.96 Å². The predicted molar refractivity (Wildman–Crippen MR) is 100 cm³/mol. The van der Waals surface area contributed by atoms with E-state index in [1.807, 2.05) is 31.2 Å². The Morgan fingerprint density at radius 2 is 2.00 bits per heavy atom. The smallest absolute Gasteiger partial charge is 0.422 e. The van der Waals surface area contributed by atoms with Gasteiger partial charge in [-0.1, -0.05) is 18.2 Å². The van der Waals surface area contributed by atoms with Crippen LogP contribution >= 0.6 is 0 Å². The van der Waals surface area contributed by atoms with Crippen LogP contribution in [0.1, 0.15) is 18.1 Å². The predicted octanol–water partition coefficient (Wildman–Crippen LogP) is 3.29. The zero-order valence-electron chi connectivity index (χ0n) is 15.7. The van der Waals surface area contributed by atoms with Gasteiger partial charge in [0.05, 0.1) is 13.7 Å². The molecule has 0 aliphatic carbocycles. The third-order valence-corrected chi connectivity index (χ3v) is 3.57. The van der Waals surface area contributed by atoms with E-state index in [1.54, 1.807) is 19.2 Å². The third kappa shape index (κ3) is 7.34. The van der Waals surface area contributed by atoms with Gasteiger partial charge in [-0.25, -0.2) is 9.98 Å². The van der Waals surface area contributed by atoms with Crippen LogP contribution in [-0.2, 0) is 13.1 Å². The van der Waals surface area contributed by atoms with E-state index in [-0.39, 0.29) is 12.4 Å². The minimum atomic E-state index is -4.42. The number of ether oxygens (including phenoxy) is 2. The van der Waals surface area contributed by atoms with Gasteiger partial charge >= 0.3 is 6.18 Å². The maximum Gasteiger partial charge on any atom is 0.422 e. The van der Waals surface area contributed by atoms with Crippen molar-refractivity contribution in [3.8, 4) is 11.6 Å². The minimum absolute atomic E-state index is 0.0593. The van der Waals surface area contributed by atoms with Crippen molar-refractivity contribution in [1.82, 2.24) is 15.6 Å². The largest absolute Gasteiger partial charge is 0.497 e. The first kappa shape index (κ1) is 21.3. The molecule has 1 heterocycles. The summed E-state index contributed by atoms with van der Waals surface area (Å²) in [5.41, 5.74) is 1.46. The molecule has 9 heteroatoms. The SMILES string of the molecule is CCNC(=NCc1cccc(OC)c1)NCc1cccnc1OCC(F)(F)F. The first-order valence-corrected chi connectivity index (χ1v) is 8.70. The number of nitrogens with one attached hydrogen (secondary N) is 2. The van der Waals surface area contributed by atoms with Crippen LogP contribution in [0, 0.1) is 0 Å². The second-order valence-corrected chi connectivity index (χ2v) is 5.77. The van der Waals surface area contributed by atoms with E-state index in [1.165, 1.54) is 6.20 Å². The molecule has 1 aromatic carbocycles. The summed E-state index contributed by atoms with van der Waals surface area (Å²) in [5.74, 6) is 1.21. The van der Waals surface area contributed by atoms with E-state index < -0.39 is 12.8 Å². The fourth-order valence-electron chi connectivity index (χ4n) is 2.30. The Morgan fingerprint density at radius 3 is 2.71 bits per heavy atom. The number of rotatable bonds is 8. The average Bonchev–Trinajstić information content (AvgIpc) is 2.68. The van der Waals surface area contributed by atoms with Gasteiger partial charge in [0.15, 0.2) is 12.6 Å². The number of guanidine groups is 1. The lowest BCUT2D eigenvalue weighted by Gasteiger charge is -2.14. The molecule has 0 fully saturated rings. The van der Waals surface area contributed by atoms with Crippen molar-refractivity contribution in [2.24, 2.45) is 4.99 Å². The fraction of sp³-hybridized carbons (Fsp3) is 0.368. The van der Waals surface area contributed by atoms with Crippen molar-refractivity contribution in [3.05, 3.63) is 53.7 Å². The van der Waals surface area contributed by atoms with Gasteiger partial charge in [0.1, 0.15) is 5.75 Å². The topological polar surface area (TPSA) is 67.8 Å². The number of methoxy groups -OCH3 is 1. The number of pyridine rings is 1. The number of benzene rings is 1. The number of nitrogens with zero attached hydrogens (tertiary/aromatic N) is 2. The van der Waals surface area contributed by atoms with Gasteiger partial charge in [0.25, 0.3) is 0 Å². The number of aromatic nitrogens is 1. The monoisotopic (exact) mass is 396 g/mol. The first-order valence-electron chi connectivity index (χ1n) is 8.70. The van der Waals surface area contributed by atoms with Gasteiger partial charge in [-0.05, 0) is 30.7 Å². The normalized spacial score (nSPS) is 11.8. The summed E-state index contributed by atoms with van der Waals surface area (Å²) in [6.45, 7) is 1.79. The Balaban J connectivity index is 2.02. The first-order chi connectivity index (χ1) is 13.4. The highest BCUT2D eigenvalue weighted by Crippen LogP contribution is 2.20. The summed E-state index contributed by atoms with van der Waals surface area (Å²) in [5, 5.41) is 6.17. The third-order valence-electron chi connectivity index (χ3n) is 3.57. The van der Waals surface area contributed by atoms with Crippen LogP contribution in [-0.4, -0.2) is 37.4 Å². The van der Waals surface area contributed by atoms with Crippen LogP contribution in [0.25, 0.3) is 0 Å². The number of hydrogen-bond donors (Lipinski definition) is 2. The molecule has 6 nitrogen and oxygen atoms in total. The van der Waals surface area contributed by atoms with E-state index in [4.69, 9.17) is 9.47 Å². The average molecular weight is 396 g/mol. The second-order valence-electron chi connectivity index (χ2n) is 5.77. The summed E-state index contributed by atoms with van der Waals surface area (Å²) in [7, 11) is 1.60. The summed E-state index contributed by atoms with van der Waals surface area (Å²) < 4.78 is 47.2. The Labute approximate surface area is 161 Å². The molecule has 2 N–H and O–H groups in total. The molecule has 28 heavy (non-hydrogen) atoms.